The van der Waals surface area contributed by atoms with Gasteiger partial charge in [-0.05, 0) is 49.2 Å². The number of nitrogens with one attached hydrogen (secondary N) is 1. The Labute approximate surface area is 207 Å². The monoisotopic (exact) mass is 480 g/mol. The topological polar surface area (TPSA) is 103 Å². The van der Waals surface area contributed by atoms with Crippen molar-refractivity contribution in [3.63, 3.8) is 0 Å². The molecule has 5 heterocycles. The first kappa shape index (κ1) is 21.0. The number of hydrogen-bond donors (Lipinski definition) is 1. The molecule has 2 aliphatic rings. The zero-order valence-electron chi connectivity index (χ0n) is 19.9. The van der Waals surface area contributed by atoms with Crippen LogP contribution in [0.15, 0.2) is 55.2 Å². The van der Waals surface area contributed by atoms with E-state index in [0.717, 1.165) is 53.4 Å². The van der Waals surface area contributed by atoms with Crippen LogP contribution in [0.4, 0.5) is 17.5 Å². The zero-order valence-corrected chi connectivity index (χ0v) is 19.9. The van der Waals surface area contributed by atoms with E-state index in [0.29, 0.717) is 34.9 Å². The minimum absolute atomic E-state index is 0.343. The molecule has 5 aromatic rings. The SMILES string of the molecule is Cc1cc(Nc2ncnc3cnc(N4C5COCC4C5)nc23)ccc1Oc1ccc2c(c1)ncn2C. The average Bonchev–Trinajstić information content (AvgIpc) is 3.26. The van der Waals surface area contributed by atoms with Gasteiger partial charge in [0.1, 0.15) is 28.9 Å². The van der Waals surface area contributed by atoms with Crippen LogP contribution < -0.4 is 15.0 Å². The second-order valence-electron chi connectivity index (χ2n) is 9.33. The lowest BCUT2D eigenvalue weighted by Gasteiger charge is -2.52. The van der Waals surface area contributed by atoms with Gasteiger partial charge in [0.2, 0.25) is 5.95 Å². The predicted octanol–water partition coefficient (Wildman–Crippen LogP) is 4.13. The quantitative estimate of drug-likeness (QED) is 0.398. The van der Waals surface area contributed by atoms with Gasteiger partial charge < -0.3 is 24.3 Å². The summed E-state index contributed by atoms with van der Waals surface area (Å²) in [7, 11) is 1.98. The average molecular weight is 481 g/mol. The molecule has 2 bridgehead atoms. The first-order valence-electron chi connectivity index (χ1n) is 11.9. The summed E-state index contributed by atoms with van der Waals surface area (Å²) in [4.78, 5) is 24.9. The Morgan fingerprint density at radius 1 is 1.00 bits per heavy atom. The van der Waals surface area contributed by atoms with Crippen LogP contribution >= 0.6 is 0 Å². The molecule has 2 unspecified atom stereocenters. The Hall–Kier alpha value is -4.31. The molecular formula is C26H24N8O2. The second kappa shape index (κ2) is 8.13. The fourth-order valence-corrected chi connectivity index (χ4v) is 5.01. The summed E-state index contributed by atoms with van der Waals surface area (Å²) in [5.74, 6) is 2.87. The van der Waals surface area contributed by atoms with Crippen molar-refractivity contribution in [2.24, 2.45) is 7.05 Å². The van der Waals surface area contributed by atoms with E-state index in [2.05, 4.69) is 30.2 Å². The first-order valence-corrected chi connectivity index (χ1v) is 11.9. The predicted molar refractivity (Wildman–Crippen MR) is 136 cm³/mol. The third kappa shape index (κ3) is 3.49. The molecule has 0 aliphatic carbocycles. The van der Waals surface area contributed by atoms with Gasteiger partial charge in [-0.3, -0.25) is 0 Å². The molecule has 2 atom stereocenters. The lowest BCUT2D eigenvalue weighted by atomic mass is 9.92. The molecule has 0 radical (unpaired) electrons. The summed E-state index contributed by atoms with van der Waals surface area (Å²) in [5.41, 5.74) is 5.22. The van der Waals surface area contributed by atoms with Gasteiger partial charge in [0.05, 0.1) is 48.9 Å². The summed E-state index contributed by atoms with van der Waals surface area (Å²) in [6, 6.07) is 12.6. The van der Waals surface area contributed by atoms with E-state index in [1.807, 2.05) is 54.9 Å². The highest BCUT2D eigenvalue weighted by Crippen LogP contribution is 2.35. The maximum absolute atomic E-state index is 6.16. The minimum Gasteiger partial charge on any atom is -0.457 e. The van der Waals surface area contributed by atoms with E-state index < -0.39 is 0 Å². The van der Waals surface area contributed by atoms with Crippen molar-refractivity contribution in [3.8, 4) is 11.5 Å². The summed E-state index contributed by atoms with van der Waals surface area (Å²) in [5, 5.41) is 3.41. The maximum Gasteiger partial charge on any atom is 0.226 e. The van der Waals surface area contributed by atoms with Crippen LogP contribution in [0, 0.1) is 6.92 Å². The number of fused-ring (bicyclic) bond motifs is 4. The summed E-state index contributed by atoms with van der Waals surface area (Å²) in [6.07, 6.45) is 6.22. The van der Waals surface area contributed by atoms with E-state index in [1.165, 1.54) is 6.33 Å². The summed E-state index contributed by atoms with van der Waals surface area (Å²) >= 11 is 0. The number of imidazole rings is 1. The van der Waals surface area contributed by atoms with Gasteiger partial charge >= 0.3 is 0 Å². The Balaban J connectivity index is 1.15. The normalized spacial score (nSPS) is 18.9. The third-order valence-corrected chi connectivity index (χ3v) is 6.91. The van der Waals surface area contributed by atoms with Crippen molar-refractivity contribution >= 4 is 39.5 Å². The van der Waals surface area contributed by atoms with Gasteiger partial charge in [-0.1, -0.05) is 0 Å². The third-order valence-electron chi connectivity index (χ3n) is 6.91. The molecular weight excluding hydrogens is 456 g/mol. The zero-order chi connectivity index (χ0) is 24.2. The molecule has 10 heteroatoms. The maximum atomic E-state index is 6.16. The molecule has 2 fully saturated rings. The van der Waals surface area contributed by atoms with Crippen molar-refractivity contribution in [1.82, 2.24) is 29.5 Å². The first-order chi connectivity index (χ1) is 17.6. The van der Waals surface area contributed by atoms with Crippen LogP contribution in [-0.4, -0.2) is 54.8 Å². The van der Waals surface area contributed by atoms with Crippen LogP contribution in [0.2, 0.25) is 0 Å². The number of hydrogen-bond acceptors (Lipinski definition) is 9. The number of anilines is 3. The molecule has 2 aliphatic heterocycles. The van der Waals surface area contributed by atoms with E-state index in [9.17, 15) is 0 Å². The highest BCUT2D eigenvalue weighted by atomic mass is 16.5. The summed E-state index contributed by atoms with van der Waals surface area (Å²) in [6.45, 7) is 3.46. The van der Waals surface area contributed by atoms with Crippen molar-refractivity contribution in [1.29, 1.82) is 0 Å². The fraction of sp³-hybridized carbons (Fsp3) is 0.269. The molecule has 0 amide bonds. The van der Waals surface area contributed by atoms with E-state index in [-0.39, 0.29) is 0 Å². The highest BCUT2D eigenvalue weighted by Gasteiger charge is 2.43. The standard InChI is InChI=1S/C26H24N8O2/c1-15-7-16(3-6-23(15)36-19-4-5-22-20(9-19)30-14-33(22)2)31-25-24-21(28-13-29-25)10-27-26(32-24)34-17-8-18(34)12-35-11-17/h3-7,9-10,13-14,17-18H,8,11-12H2,1-2H3,(H,28,29,31). The molecule has 0 saturated carbocycles. The molecule has 2 saturated heterocycles. The number of aryl methyl sites for hydroxylation is 2. The molecule has 0 spiro atoms. The number of morpholine rings is 1. The molecule has 7 rings (SSSR count). The molecule has 1 N–H and O–H groups in total. The van der Waals surface area contributed by atoms with Crippen molar-refractivity contribution < 1.29 is 9.47 Å². The van der Waals surface area contributed by atoms with Crippen LogP contribution in [0.5, 0.6) is 11.5 Å². The Bertz CT molecular complexity index is 1600. The van der Waals surface area contributed by atoms with Gasteiger partial charge in [0, 0.05) is 18.8 Å². The van der Waals surface area contributed by atoms with Crippen LogP contribution in [-0.2, 0) is 11.8 Å². The summed E-state index contributed by atoms with van der Waals surface area (Å²) < 4.78 is 13.7. The Morgan fingerprint density at radius 3 is 2.72 bits per heavy atom. The molecule has 10 nitrogen and oxygen atoms in total. The lowest BCUT2D eigenvalue weighted by molar-refractivity contribution is 0.00911. The van der Waals surface area contributed by atoms with Crippen molar-refractivity contribution in [2.75, 3.05) is 23.4 Å². The smallest absolute Gasteiger partial charge is 0.226 e. The number of benzene rings is 2. The van der Waals surface area contributed by atoms with Crippen molar-refractivity contribution in [2.45, 2.75) is 25.4 Å². The fourth-order valence-electron chi connectivity index (χ4n) is 5.01. The molecule has 2 aromatic carbocycles. The molecule has 36 heavy (non-hydrogen) atoms. The van der Waals surface area contributed by atoms with Crippen LogP contribution in [0.3, 0.4) is 0 Å². The number of rotatable bonds is 5. The lowest BCUT2D eigenvalue weighted by Crippen LogP contribution is -2.64. The number of aromatic nitrogens is 6. The van der Waals surface area contributed by atoms with E-state index in [1.54, 1.807) is 12.5 Å². The molecule has 180 valence electrons. The van der Waals surface area contributed by atoms with Gasteiger partial charge in [-0.15, -0.1) is 0 Å². The Morgan fingerprint density at radius 2 is 1.89 bits per heavy atom. The molecule has 3 aromatic heterocycles. The highest BCUT2D eigenvalue weighted by molar-refractivity contribution is 5.87. The van der Waals surface area contributed by atoms with Crippen molar-refractivity contribution in [3.05, 3.63) is 60.8 Å². The Kier molecular flexibility index (Phi) is 4.74. The van der Waals surface area contributed by atoms with Crippen LogP contribution in [0.1, 0.15) is 12.0 Å². The van der Waals surface area contributed by atoms with Gasteiger partial charge in [-0.2, -0.15) is 0 Å². The van der Waals surface area contributed by atoms with E-state index in [4.69, 9.17) is 14.5 Å². The van der Waals surface area contributed by atoms with Gasteiger partial charge in [0.15, 0.2) is 5.82 Å². The van der Waals surface area contributed by atoms with Gasteiger partial charge in [0.25, 0.3) is 0 Å². The van der Waals surface area contributed by atoms with E-state index >= 15 is 0 Å². The largest absolute Gasteiger partial charge is 0.457 e. The second-order valence-corrected chi connectivity index (χ2v) is 9.33. The van der Waals surface area contributed by atoms with Gasteiger partial charge in [-0.25, -0.2) is 24.9 Å². The number of ether oxygens (including phenoxy) is 2. The minimum atomic E-state index is 0.343. The number of nitrogens with zero attached hydrogens (tertiary/aromatic N) is 7. The van der Waals surface area contributed by atoms with Crippen LogP contribution in [0.25, 0.3) is 22.1 Å².